The number of furan rings is 1. The van der Waals surface area contributed by atoms with Gasteiger partial charge in [-0.05, 0) is 37.3 Å². The predicted molar refractivity (Wildman–Crippen MR) is 76.0 cm³/mol. The molecule has 0 saturated heterocycles. The number of sulfonamides is 1. The number of halogens is 1. The van der Waals surface area contributed by atoms with E-state index in [4.69, 9.17) is 10.2 Å². The third-order valence-corrected chi connectivity index (χ3v) is 4.46. The van der Waals surface area contributed by atoms with Gasteiger partial charge in [0.2, 0.25) is 10.0 Å². The van der Waals surface area contributed by atoms with Crippen LogP contribution in [0.5, 0.6) is 0 Å². The van der Waals surface area contributed by atoms with Gasteiger partial charge in [-0.25, -0.2) is 13.1 Å². The number of nitrogen functional groups attached to an aromatic ring is 1. The Morgan fingerprint density at radius 1 is 1.32 bits per heavy atom. The van der Waals surface area contributed by atoms with Crippen molar-refractivity contribution in [1.82, 2.24) is 4.72 Å². The maximum Gasteiger partial charge on any atom is 0.243 e. The van der Waals surface area contributed by atoms with Crippen molar-refractivity contribution in [2.75, 3.05) is 5.73 Å². The van der Waals surface area contributed by atoms with Crippen molar-refractivity contribution in [3.05, 3.63) is 46.3 Å². The van der Waals surface area contributed by atoms with Crippen molar-refractivity contribution in [2.45, 2.75) is 18.4 Å². The first-order valence-corrected chi connectivity index (χ1v) is 7.76. The van der Waals surface area contributed by atoms with E-state index in [9.17, 15) is 8.42 Å². The standard InChI is InChI=1S/C12H13BrN2O3S/c1-8-2-4-10(18-8)7-15-19(16,17)12-5-3-9(13)6-11(12)14/h2-6,15H,7,14H2,1H3. The Morgan fingerprint density at radius 3 is 2.63 bits per heavy atom. The molecule has 0 saturated carbocycles. The molecule has 0 aliphatic rings. The quantitative estimate of drug-likeness (QED) is 0.834. The number of anilines is 1. The highest BCUT2D eigenvalue weighted by Gasteiger charge is 2.17. The van der Waals surface area contributed by atoms with Crippen molar-refractivity contribution in [2.24, 2.45) is 0 Å². The molecule has 0 aliphatic carbocycles. The average molecular weight is 345 g/mol. The number of nitrogens with two attached hydrogens (primary N) is 1. The molecule has 0 aliphatic heterocycles. The third-order valence-electron chi connectivity index (χ3n) is 2.49. The molecule has 0 atom stereocenters. The number of hydrogen-bond donors (Lipinski definition) is 2. The molecule has 3 N–H and O–H groups in total. The van der Waals surface area contributed by atoms with Gasteiger partial charge in [0.15, 0.2) is 0 Å². The highest BCUT2D eigenvalue weighted by Crippen LogP contribution is 2.22. The van der Waals surface area contributed by atoms with Crippen molar-refractivity contribution in [3.8, 4) is 0 Å². The molecule has 0 spiro atoms. The van der Waals surface area contributed by atoms with Crippen LogP contribution in [0, 0.1) is 6.92 Å². The molecule has 19 heavy (non-hydrogen) atoms. The molecule has 0 bridgehead atoms. The van der Waals surface area contributed by atoms with E-state index in [0.717, 1.165) is 10.2 Å². The van der Waals surface area contributed by atoms with Gasteiger partial charge >= 0.3 is 0 Å². The summed E-state index contributed by atoms with van der Waals surface area (Å²) in [5.41, 5.74) is 5.90. The first-order valence-electron chi connectivity index (χ1n) is 5.48. The zero-order valence-electron chi connectivity index (χ0n) is 10.2. The first kappa shape index (κ1) is 14.1. The summed E-state index contributed by atoms with van der Waals surface area (Å²) < 4.78 is 32.7. The van der Waals surface area contributed by atoms with Gasteiger partial charge < -0.3 is 10.2 Å². The maximum absolute atomic E-state index is 12.1. The van der Waals surface area contributed by atoms with Gasteiger partial charge in [0, 0.05) is 4.47 Å². The lowest BCUT2D eigenvalue weighted by Gasteiger charge is -2.08. The van der Waals surface area contributed by atoms with Gasteiger partial charge in [0.25, 0.3) is 0 Å². The fourth-order valence-corrected chi connectivity index (χ4v) is 3.07. The Hall–Kier alpha value is -1.31. The number of benzene rings is 1. The van der Waals surface area contributed by atoms with E-state index in [1.165, 1.54) is 6.07 Å². The van der Waals surface area contributed by atoms with Crippen molar-refractivity contribution in [3.63, 3.8) is 0 Å². The van der Waals surface area contributed by atoms with E-state index in [1.54, 1.807) is 31.2 Å². The van der Waals surface area contributed by atoms with Gasteiger partial charge in [-0.15, -0.1) is 0 Å². The fourth-order valence-electron chi connectivity index (χ4n) is 1.59. The number of nitrogens with one attached hydrogen (secondary N) is 1. The largest absolute Gasteiger partial charge is 0.465 e. The topological polar surface area (TPSA) is 85.3 Å². The Labute approximate surface area is 120 Å². The Bertz CT molecular complexity index is 695. The third kappa shape index (κ3) is 3.37. The molecule has 102 valence electrons. The first-order chi connectivity index (χ1) is 8.88. The molecule has 7 heteroatoms. The Morgan fingerprint density at radius 2 is 2.05 bits per heavy atom. The lowest BCUT2D eigenvalue weighted by Crippen LogP contribution is -2.23. The predicted octanol–water partition coefficient (Wildman–Crippen LogP) is 2.41. The minimum atomic E-state index is -3.65. The van der Waals surface area contributed by atoms with Crippen molar-refractivity contribution < 1.29 is 12.8 Å². The maximum atomic E-state index is 12.1. The van der Waals surface area contributed by atoms with Crippen molar-refractivity contribution in [1.29, 1.82) is 0 Å². The molecule has 0 fully saturated rings. The smallest absolute Gasteiger partial charge is 0.243 e. The van der Waals surface area contributed by atoms with Crippen LogP contribution in [0.4, 0.5) is 5.69 Å². The summed E-state index contributed by atoms with van der Waals surface area (Å²) in [6.07, 6.45) is 0. The molecule has 1 aromatic heterocycles. The molecule has 1 aromatic carbocycles. The normalized spacial score (nSPS) is 11.7. The highest BCUT2D eigenvalue weighted by atomic mass is 79.9. The Kier molecular flexibility index (Phi) is 3.98. The molecule has 2 aromatic rings. The SMILES string of the molecule is Cc1ccc(CNS(=O)(=O)c2ccc(Br)cc2N)o1. The zero-order chi connectivity index (χ0) is 14.0. The molecular formula is C12H13BrN2O3S. The number of rotatable bonds is 4. The molecule has 0 amide bonds. The van der Waals surface area contributed by atoms with Crippen LogP contribution in [-0.4, -0.2) is 8.42 Å². The van der Waals surface area contributed by atoms with E-state index >= 15 is 0 Å². The summed E-state index contributed by atoms with van der Waals surface area (Å²) in [5, 5.41) is 0. The fraction of sp³-hybridized carbons (Fsp3) is 0.167. The molecular weight excluding hydrogens is 332 g/mol. The zero-order valence-corrected chi connectivity index (χ0v) is 12.6. The van der Waals surface area contributed by atoms with Crippen LogP contribution in [0.1, 0.15) is 11.5 Å². The Balaban J connectivity index is 2.18. The minimum absolute atomic E-state index is 0.0546. The van der Waals surface area contributed by atoms with Crippen LogP contribution in [-0.2, 0) is 16.6 Å². The molecule has 0 radical (unpaired) electrons. The van der Waals surface area contributed by atoms with Gasteiger partial charge in [-0.2, -0.15) is 0 Å². The molecule has 0 unspecified atom stereocenters. The van der Waals surface area contributed by atoms with Crippen LogP contribution in [0.2, 0.25) is 0 Å². The monoisotopic (exact) mass is 344 g/mol. The van der Waals surface area contributed by atoms with E-state index in [-0.39, 0.29) is 17.1 Å². The van der Waals surface area contributed by atoms with Gasteiger partial charge in [0.1, 0.15) is 16.4 Å². The van der Waals surface area contributed by atoms with E-state index in [2.05, 4.69) is 20.7 Å². The highest BCUT2D eigenvalue weighted by molar-refractivity contribution is 9.10. The summed E-state index contributed by atoms with van der Waals surface area (Å²) in [6, 6.07) is 8.13. The summed E-state index contributed by atoms with van der Waals surface area (Å²) >= 11 is 3.23. The van der Waals surface area contributed by atoms with E-state index < -0.39 is 10.0 Å². The summed E-state index contributed by atoms with van der Waals surface area (Å²) in [7, 11) is -3.65. The molecule has 1 heterocycles. The second-order valence-corrected chi connectivity index (χ2v) is 6.67. The van der Waals surface area contributed by atoms with Crippen molar-refractivity contribution >= 4 is 31.6 Å². The summed E-state index contributed by atoms with van der Waals surface area (Å²) in [4.78, 5) is 0.0546. The summed E-state index contributed by atoms with van der Waals surface area (Å²) in [5.74, 6) is 1.29. The minimum Gasteiger partial charge on any atom is -0.465 e. The lowest BCUT2D eigenvalue weighted by atomic mass is 10.3. The second kappa shape index (κ2) is 5.36. The van der Waals surface area contributed by atoms with Gasteiger partial charge in [-0.3, -0.25) is 0 Å². The van der Waals surface area contributed by atoms with Gasteiger partial charge in [-0.1, -0.05) is 15.9 Å². The molecule has 5 nitrogen and oxygen atoms in total. The number of hydrogen-bond acceptors (Lipinski definition) is 4. The van der Waals surface area contributed by atoms with Crippen LogP contribution in [0.15, 0.2) is 44.1 Å². The van der Waals surface area contributed by atoms with E-state index in [1.807, 2.05) is 0 Å². The second-order valence-electron chi connectivity index (χ2n) is 4.02. The van der Waals surface area contributed by atoms with E-state index in [0.29, 0.717) is 5.76 Å². The number of aryl methyl sites for hydroxylation is 1. The summed E-state index contributed by atoms with van der Waals surface area (Å²) in [6.45, 7) is 1.89. The van der Waals surface area contributed by atoms with Crippen LogP contribution >= 0.6 is 15.9 Å². The van der Waals surface area contributed by atoms with Crippen LogP contribution < -0.4 is 10.5 Å². The van der Waals surface area contributed by atoms with Gasteiger partial charge in [0.05, 0.1) is 12.2 Å². The van der Waals surface area contributed by atoms with Crippen LogP contribution in [0.3, 0.4) is 0 Å². The lowest BCUT2D eigenvalue weighted by molar-refractivity contribution is 0.475. The molecule has 2 rings (SSSR count). The van der Waals surface area contributed by atoms with Crippen LogP contribution in [0.25, 0.3) is 0 Å². The average Bonchev–Trinajstić information content (AvgIpc) is 2.72.